The van der Waals surface area contributed by atoms with Crippen LogP contribution < -0.4 is 4.74 Å². The highest BCUT2D eigenvalue weighted by Crippen LogP contribution is 2.61. The van der Waals surface area contributed by atoms with Gasteiger partial charge in [-0.25, -0.2) is 4.39 Å². The summed E-state index contributed by atoms with van der Waals surface area (Å²) in [4.78, 5) is 0. The summed E-state index contributed by atoms with van der Waals surface area (Å²) >= 11 is 0. The van der Waals surface area contributed by atoms with E-state index in [0.29, 0.717) is 32.6 Å². The van der Waals surface area contributed by atoms with E-state index in [0.717, 1.165) is 6.42 Å². The third kappa shape index (κ3) is 2.72. The molecule has 0 aromatic heterocycles. The van der Waals surface area contributed by atoms with E-state index >= 15 is 8.78 Å². The van der Waals surface area contributed by atoms with E-state index < -0.39 is 41.9 Å². The second kappa shape index (κ2) is 6.13. The molecule has 2 atom stereocenters. The fourth-order valence-corrected chi connectivity index (χ4v) is 4.25. The van der Waals surface area contributed by atoms with Gasteiger partial charge in [0, 0.05) is 5.92 Å². The van der Waals surface area contributed by atoms with Crippen molar-refractivity contribution in [3.05, 3.63) is 30.3 Å². The van der Waals surface area contributed by atoms with E-state index in [4.69, 9.17) is 4.74 Å². The van der Waals surface area contributed by atoms with E-state index in [1.54, 1.807) is 18.2 Å². The monoisotopic (exact) mass is 362 g/mol. The Bertz CT molecular complexity index is 595. The lowest BCUT2D eigenvalue weighted by atomic mass is 9.63. The number of alkyl halides is 5. The Balaban J connectivity index is 2.07. The standard InChI is InChI=1S/C19H23F5O/c1-16(20)12-13-17(14-8-4-2-5-9-14,19(23,24)18(16,21)22)25-15-10-6-3-7-11-15/h3,6-7,10-11,14H,2,4-5,8-9,12-13H2,1H3. The Morgan fingerprint density at radius 1 is 0.840 bits per heavy atom. The zero-order valence-corrected chi connectivity index (χ0v) is 14.2. The van der Waals surface area contributed by atoms with Gasteiger partial charge in [0.15, 0.2) is 11.3 Å². The highest BCUT2D eigenvalue weighted by atomic mass is 19.3. The van der Waals surface area contributed by atoms with Crippen LogP contribution in [0.5, 0.6) is 5.75 Å². The highest BCUT2D eigenvalue weighted by Gasteiger charge is 2.81. The molecular weight excluding hydrogens is 339 g/mol. The molecule has 25 heavy (non-hydrogen) atoms. The van der Waals surface area contributed by atoms with Crippen LogP contribution in [-0.4, -0.2) is 23.1 Å². The van der Waals surface area contributed by atoms with Crippen LogP contribution in [0.4, 0.5) is 22.0 Å². The van der Waals surface area contributed by atoms with E-state index in [-0.39, 0.29) is 5.75 Å². The molecule has 2 aliphatic rings. The molecule has 0 radical (unpaired) electrons. The van der Waals surface area contributed by atoms with E-state index in [1.807, 2.05) is 0 Å². The fourth-order valence-electron chi connectivity index (χ4n) is 4.25. The summed E-state index contributed by atoms with van der Waals surface area (Å²) in [5.74, 6) is -9.99. The van der Waals surface area contributed by atoms with Crippen LogP contribution >= 0.6 is 0 Å². The van der Waals surface area contributed by atoms with Gasteiger partial charge in [0.25, 0.3) is 0 Å². The highest BCUT2D eigenvalue weighted by molar-refractivity contribution is 5.26. The van der Waals surface area contributed by atoms with Crippen molar-refractivity contribution >= 4 is 0 Å². The maximum absolute atomic E-state index is 15.2. The van der Waals surface area contributed by atoms with E-state index in [9.17, 15) is 13.2 Å². The fraction of sp³-hybridized carbons (Fsp3) is 0.684. The molecule has 0 bridgehead atoms. The molecular formula is C19H23F5O. The predicted octanol–water partition coefficient (Wildman–Crippen LogP) is 6.18. The molecule has 2 aliphatic carbocycles. The van der Waals surface area contributed by atoms with Crippen LogP contribution in [0.2, 0.25) is 0 Å². The molecule has 0 heterocycles. The van der Waals surface area contributed by atoms with Crippen molar-refractivity contribution < 1.29 is 26.7 Å². The van der Waals surface area contributed by atoms with Gasteiger partial charge in [-0.2, -0.15) is 17.6 Å². The van der Waals surface area contributed by atoms with Crippen LogP contribution in [0, 0.1) is 5.92 Å². The summed E-state index contributed by atoms with van der Waals surface area (Å²) in [6, 6.07) is 7.83. The zero-order valence-electron chi connectivity index (χ0n) is 14.2. The van der Waals surface area contributed by atoms with Crippen molar-refractivity contribution in [1.82, 2.24) is 0 Å². The molecule has 2 unspecified atom stereocenters. The molecule has 1 aromatic rings. The number of rotatable bonds is 3. The molecule has 0 spiro atoms. The molecule has 2 fully saturated rings. The van der Waals surface area contributed by atoms with E-state index in [2.05, 4.69) is 0 Å². The average molecular weight is 362 g/mol. The predicted molar refractivity (Wildman–Crippen MR) is 85.0 cm³/mol. The average Bonchev–Trinajstić information content (AvgIpc) is 2.59. The van der Waals surface area contributed by atoms with Gasteiger partial charge in [-0.05, 0) is 44.7 Å². The largest absolute Gasteiger partial charge is 0.480 e. The first-order valence-corrected chi connectivity index (χ1v) is 8.83. The van der Waals surface area contributed by atoms with Gasteiger partial charge in [0.05, 0.1) is 0 Å². The quantitative estimate of drug-likeness (QED) is 0.584. The number of halogens is 5. The Morgan fingerprint density at radius 2 is 1.44 bits per heavy atom. The van der Waals surface area contributed by atoms with Crippen molar-refractivity contribution in [3.63, 3.8) is 0 Å². The first-order chi connectivity index (χ1) is 11.6. The smallest absolute Gasteiger partial charge is 0.352 e. The summed E-state index contributed by atoms with van der Waals surface area (Å²) < 4.78 is 79.3. The van der Waals surface area contributed by atoms with Crippen molar-refractivity contribution in [2.45, 2.75) is 75.0 Å². The van der Waals surface area contributed by atoms with Crippen LogP contribution in [0.25, 0.3) is 0 Å². The Kier molecular flexibility index (Phi) is 4.53. The van der Waals surface area contributed by atoms with Crippen molar-refractivity contribution in [3.8, 4) is 5.75 Å². The summed E-state index contributed by atoms with van der Waals surface area (Å²) in [5, 5.41) is 0. The summed E-state index contributed by atoms with van der Waals surface area (Å²) in [6.07, 6.45) is 1.98. The molecule has 1 aromatic carbocycles. The second-order valence-corrected chi connectivity index (χ2v) is 7.49. The molecule has 6 heteroatoms. The first kappa shape index (κ1) is 18.5. The van der Waals surface area contributed by atoms with Gasteiger partial charge in [0.1, 0.15) is 5.75 Å². The molecule has 0 N–H and O–H groups in total. The number of hydrogen-bond donors (Lipinski definition) is 0. The van der Waals surface area contributed by atoms with Crippen molar-refractivity contribution in [1.29, 1.82) is 0 Å². The van der Waals surface area contributed by atoms with Gasteiger partial charge in [-0.1, -0.05) is 37.5 Å². The lowest BCUT2D eigenvalue weighted by Gasteiger charge is -2.54. The van der Waals surface area contributed by atoms with E-state index in [1.165, 1.54) is 12.1 Å². The van der Waals surface area contributed by atoms with Crippen LogP contribution in [0.15, 0.2) is 30.3 Å². The van der Waals surface area contributed by atoms with Gasteiger partial charge in [0.2, 0.25) is 0 Å². The van der Waals surface area contributed by atoms with Gasteiger partial charge in [-0.3, -0.25) is 0 Å². The summed E-state index contributed by atoms with van der Waals surface area (Å²) in [7, 11) is 0. The second-order valence-electron chi connectivity index (χ2n) is 7.49. The normalized spacial score (nSPS) is 35.3. The molecule has 0 amide bonds. The van der Waals surface area contributed by atoms with Gasteiger partial charge >= 0.3 is 11.8 Å². The number of benzene rings is 1. The number of hydrogen-bond acceptors (Lipinski definition) is 1. The first-order valence-electron chi connectivity index (χ1n) is 8.83. The van der Waals surface area contributed by atoms with Crippen LogP contribution in [0.1, 0.15) is 51.9 Å². The Hall–Kier alpha value is -1.33. The minimum Gasteiger partial charge on any atom is -0.480 e. The lowest BCUT2D eigenvalue weighted by Crippen LogP contribution is -2.73. The van der Waals surface area contributed by atoms with Crippen molar-refractivity contribution in [2.75, 3.05) is 0 Å². The maximum Gasteiger partial charge on any atom is 0.352 e. The SMILES string of the molecule is CC1(F)CCC(Oc2ccccc2)(C2CCCCC2)C(F)(F)C1(F)F. The Morgan fingerprint density at radius 3 is 2.04 bits per heavy atom. The number of ether oxygens (including phenoxy) is 1. The minimum absolute atomic E-state index is 0.117. The molecule has 2 saturated carbocycles. The van der Waals surface area contributed by atoms with Crippen LogP contribution in [-0.2, 0) is 0 Å². The summed E-state index contributed by atoms with van der Waals surface area (Å²) in [5.41, 5.74) is -5.64. The van der Waals surface area contributed by atoms with Crippen LogP contribution in [0.3, 0.4) is 0 Å². The Labute approximate surface area is 144 Å². The molecule has 140 valence electrons. The van der Waals surface area contributed by atoms with Crippen molar-refractivity contribution in [2.24, 2.45) is 5.92 Å². The minimum atomic E-state index is -4.79. The maximum atomic E-state index is 15.2. The third-order valence-electron chi connectivity index (χ3n) is 5.85. The topological polar surface area (TPSA) is 9.23 Å². The van der Waals surface area contributed by atoms with Gasteiger partial charge < -0.3 is 4.74 Å². The van der Waals surface area contributed by atoms with Gasteiger partial charge in [-0.15, -0.1) is 0 Å². The number of para-hydroxylation sites is 1. The zero-order chi connectivity index (χ0) is 18.3. The molecule has 0 aliphatic heterocycles. The summed E-state index contributed by atoms with van der Waals surface area (Å²) in [6.45, 7) is 0.564. The molecule has 3 rings (SSSR count). The molecule has 0 saturated heterocycles. The lowest BCUT2D eigenvalue weighted by molar-refractivity contribution is -0.357. The molecule has 1 nitrogen and oxygen atoms in total. The third-order valence-corrected chi connectivity index (χ3v) is 5.85.